The normalized spacial score (nSPS) is 22.4. The molecule has 0 bridgehead atoms. The van der Waals surface area contributed by atoms with Crippen LogP contribution in [0, 0.1) is 0 Å². The molecule has 0 heterocycles. The molecule has 0 aromatic heterocycles. The molecule has 8 heteroatoms. The Labute approximate surface area is 182 Å². The number of hydrogen-bond donors (Lipinski definition) is 3. The molecule has 4 nitrogen and oxygen atoms in total. The largest absolute Gasteiger partial charge is 0.416 e. The molecule has 2 N–H and O–H groups in total. The van der Waals surface area contributed by atoms with E-state index in [2.05, 4.69) is 28.2 Å². The monoisotopic (exact) mass is 452 g/mol. The van der Waals surface area contributed by atoms with Gasteiger partial charge in [0, 0.05) is 17.5 Å². The lowest BCUT2D eigenvalue weighted by atomic mass is 9.73. The van der Waals surface area contributed by atoms with E-state index in [1.807, 2.05) is 7.05 Å². The molecule has 0 aliphatic heterocycles. The standard InChI is InChI=1S/C23H27F3N2O2S/c1-27-21-13-17-7-6-16(14-22(8-3-9-22)28-31(29)30)12-19(17)20(21)11-15-4-2-5-18(10-15)23(24,25)26/h2,4-7,10,12,20-21,27,31H,3,8-9,11,13-14H2,1H3,(H,28,29,30). The van der Waals surface area contributed by atoms with Gasteiger partial charge in [0.25, 0.3) is 0 Å². The second-order valence-corrected chi connectivity index (χ2v) is 9.56. The minimum atomic E-state index is -4.36. The molecular weight excluding hydrogens is 425 g/mol. The van der Waals surface area contributed by atoms with Crippen molar-refractivity contribution in [1.29, 1.82) is 0 Å². The van der Waals surface area contributed by atoms with Crippen molar-refractivity contribution in [1.82, 2.24) is 10.0 Å². The summed E-state index contributed by atoms with van der Waals surface area (Å²) in [5, 5.41) is 3.33. The van der Waals surface area contributed by atoms with Crippen LogP contribution in [0.3, 0.4) is 0 Å². The minimum Gasteiger partial charge on any atom is -0.316 e. The first-order chi connectivity index (χ1) is 14.7. The molecule has 0 radical (unpaired) electrons. The molecule has 1 saturated carbocycles. The third kappa shape index (κ3) is 4.81. The lowest BCUT2D eigenvalue weighted by molar-refractivity contribution is -0.137. The van der Waals surface area contributed by atoms with E-state index >= 15 is 0 Å². The van der Waals surface area contributed by atoms with Crippen molar-refractivity contribution < 1.29 is 21.6 Å². The minimum absolute atomic E-state index is 0.0601. The van der Waals surface area contributed by atoms with Crippen LogP contribution in [0.5, 0.6) is 0 Å². The van der Waals surface area contributed by atoms with Crippen LogP contribution in [0.25, 0.3) is 0 Å². The average molecular weight is 453 g/mol. The first kappa shape index (κ1) is 22.3. The van der Waals surface area contributed by atoms with Crippen LogP contribution in [0.4, 0.5) is 13.2 Å². The first-order valence-corrected chi connectivity index (χ1v) is 11.7. The van der Waals surface area contributed by atoms with E-state index in [4.69, 9.17) is 0 Å². The number of fused-ring (bicyclic) bond motifs is 1. The summed E-state index contributed by atoms with van der Waals surface area (Å²) in [5.74, 6) is 0.0601. The van der Waals surface area contributed by atoms with Gasteiger partial charge in [-0.3, -0.25) is 0 Å². The zero-order valence-electron chi connectivity index (χ0n) is 17.3. The second-order valence-electron chi connectivity index (χ2n) is 8.82. The van der Waals surface area contributed by atoms with Crippen molar-refractivity contribution >= 4 is 10.9 Å². The average Bonchev–Trinajstić information content (AvgIpc) is 3.02. The number of thiol groups is 1. The Morgan fingerprint density at radius 1 is 1.10 bits per heavy atom. The summed E-state index contributed by atoms with van der Waals surface area (Å²) < 4.78 is 64.7. The highest BCUT2D eigenvalue weighted by atomic mass is 32.2. The Hall–Kier alpha value is -1.90. The Kier molecular flexibility index (Phi) is 6.16. The lowest BCUT2D eigenvalue weighted by Crippen LogP contribution is -2.51. The Morgan fingerprint density at radius 3 is 2.48 bits per heavy atom. The van der Waals surface area contributed by atoms with Crippen LogP contribution in [0.2, 0.25) is 0 Å². The van der Waals surface area contributed by atoms with E-state index in [0.717, 1.165) is 42.9 Å². The number of hydrogen-bond acceptors (Lipinski definition) is 3. The zero-order valence-corrected chi connectivity index (χ0v) is 18.2. The molecular formula is C23H27F3N2O2S. The predicted molar refractivity (Wildman–Crippen MR) is 115 cm³/mol. The van der Waals surface area contributed by atoms with Crippen molar-refractivity contribution in [3.05, 3.63) is 70.3 Å². The fraction of sp³-hybridized carbons (Fsp3) is 0.478. The van der Waals surface area contributed by atoms with Gasteiger partial charge in [0.2, 0.25) is 10.9 Å². The van der Waals surface area contributed by atoms with E-state index < -0.39 is 28.2 Å². The van der Waals surface area contributed by atoms with E-state index in [-0.39, 0.29) is 12.0 Å². The molecule has 2 aliphatic carbocycles. The molecule has 0 amide bonds. The topological polar surface area (TPSA) is 58.2 Å². The summed E-state index contributed by atoms with van der Waals surface area (Å²) in [6, 6.07) is 12.0. The van der Waals surface area contributed by atoms with E-state index in [1.54, 1.807) is 6.07 Å². The number of alkyl halides is 3. The molecule has 2 aromatic rings. The number of nitrogens with one attached hydrogen (secondary N) is 2. The third-order valence-electron chi connectivity index (χ3n) is 6.80. The Morgan fingerprint density at radius 2 is 1.87 bits per heavy atom. The van der Waals surface area contributed by atoms with Gasteiger partial charge in [0.15, 0.2) is 0 Å². The fourth-order valence-corrected chi connectivity index (χ4v) is 5.77. The smallest absolute Gasteiger partial charge is 0.316 e. The number of benzene rings is 2. The van der Waals surface area contributed by atoms with E-state index in [0.29, 0.717) is 18.4 Å². The van der Waals surface area contributed by atoms with E-state index in [9.17, 15) is 21.6 Å². The maximum atomic E-state index is 13.1. The fourth-order valence-electron chi connectivity index (χ4n) is 5.08. The molecule has 2 unspecified atom stereocenters. The van der Waals surface area contributed by atoms with Crippen molar-refractivity contribution in [2.75, 3.05) is 7.05 Å². The first-order valence-electron chi connectivity index (χ1n) is 10.6. The van der Waals surface area contributed by atoms with Gasteiger partial charge in [-0.25, -0.2) is 13.1 Å². The molecule has 0 spiro atoms. The Bertz CT molecular complexity index is 1020. The van der Waals surface area contributed by atoms with Gasteiger partial charge in [0.1, 0.15) is 0 Å². The van der Waals surface area contributed by atoms with Gasteiger partial charge >= 0.3 is 6.18 Å². The summed E-state index contributed by atoms with van der Waals surface area (Å²) in [6.45, 7) is 0. The maximum absolute atomic E-state index is 13.1. The third-order valence-corrected chi connectivity index (χ3v) is 7.45. The van der Waals surface area contributed by atoms with Crippen LogP contribution in [-0.2, 0) is 36.3 Å². The SMILES string of the molecule is CNC1Cc2ccc(CC3(N[SH](=O)=O)CCC3)cc2C1Cc1cccc(C(F)(F)F)c1. The highest BCUT2D eigenvalue weighted by Gasteiger charge is 2.39. The molecule has 2 aromatic carbocycles. The molecule has 4 rings (SSSR count). The van der Waals surface area contributed by atoms with Gasteiger partial charge in [-0.2, -0.15) is 13.2 Å². The molecule has 2 atom stereocenters. The number of likely N-dealkylation sites (N-methyl/N-ethyl adjacent to an activating group) is 1. The summed E-state index contributed by atoms with van der Waals surface area (Å²) in [4.78, 5) is 0. The molecule has 31 heavy (non-hydrogen) atoms. The van der Waals surface area contributed by atoms with Gasteiger partial charge in [-0.1, -0.05) is 36.4 Å². The van der Waals surface area contributed by atoms with Crippen LogP contribution >= 0.6 is 0 Å². The zero-order chi connectivity index (χ0) is 22.2. The highest BCUT2D eigenvalue weighted by molar-refractivity contribution is 7.70. The van der Waals surface area contributed by atoms with Crippen molar-refractivity contribution in [2.24, 2.45) is 0 Å². The molecule has 1 fully saturated rings. The van der Waals surface area contributed by atoms with Gasteiger partial charge < -0.3 is 5.32 Å². The highest BCUT2D eigenvalue weighted by Crippen LogP contribution is 2.40. The van der Waals surface area contributed by atoms with E-state index in [1.165, 1.54) is 17.7 Å². The molecule has 168 valence electrons. The Balaban J connectivity index is 1.60. The van der Waals surface area contributed by atoms with Crippen LogP contribution in [-0.4, -0.2) is 27.0 Å². The van der Waals surface area contributed by atoms with Crippen LogP contribution in [0.15, 0.2) is 42.5 Å². The summed E-state index contributed by atoms with van der Waals surface area (Å²) in [7, 11) is -0.778. The summed E-state index contributed by atoms with van der Waals surface area (Å²) >= 11 is 0. The second kappa shape index (κ2) is 8.56. The van der Waals surface area contributed by atoms with Gasteiger partial charge in [-0.05, 0) is 73.9 Å². The number of rotatable bonds is 7. The van der Waals surface area contributed by atoms with Crippen LogP contribution in [0.1, 0.15) is 53.0 Å². The maximum Gasteiger partial charge on any atom is 0.416 e. The lowest BCUT2D eigenvalue weighted by Gasteiger charge is -2.41. The van der Waals surface area contributed by atoms with Crippen molar-refractivity contribution in [3.8, 4) is 0 Å². The quantitative estimate of drug-likeness (QED) is 0.561. The van der Waals surface area contributed by atoms with Crippen LogP contribution < -0.4 is 10.0 Å². The summed E-state index contributed by atoms with van der Waals surface area (Å²) in [5.41, 5.74) is 3.05. The van der Waals surface area contributed by atoms with Gasteiger partial charge in [0.05, 0.1) is 5.56 Å². The molecule has 2 aliphatic rings. The van der Waals surface area contributed by atoms with Gasteiger partial charge in [-0.15, -0.1) is 0 Å². The molecule has 0 saturated heterocycles. The number of halogens is 3. The summed E-state index contributed by atoms with van der Waals surface area (Å²) in [6.07, 6.45) is 0.255. The predicted octanol–water partition coefficient (Wildman–Crippen LogP) is 3.76. The van der Waals surface area contributed by atoms with Crippen molar-refractivity contribution in [3.63, 3.8) is 0 Å². The van der Waals surface area contributed by atoms with Crippen molar-refractivity contribution in [2.45, 2.75) is 62.2 Å².